The maximum absolute atomic E-state index is 5.79. The third-order valence-electron chi connectivity index (χ3n) is 2.52. The Kier molecular flexibility index (Phi) is 4.29. The zero-order chi connectivity index (χ0) is 9.84. The lowest BCUT2D eigenvalue weighted by Gasteiger charge is -2.26. The molecule has 0 amide bonds. The van der Waals surface area contributed by atoms with Gasteiger partial charge in [0.15, 0.2) is 0 Å². The summed E-state index contributed by atoms with van der Waals surface area (Å²) in [6.45, 7) is 8.70. The fourth-order valence-electron chi connectivity index (χ4n) is 1.31. The van der Waals surface area contributed by atoms with Gasteiger partial charge in [-0.15, -0.1) is 11.8 Å². The quantitative estimate of drug-likeness (QED) is 0.709. The third-order valence-corrected chi connectivity index (χ3v) is 4.01. The fraction of sp³-hybridized carbons (Fsp3) is 0.800. The van der Waals surface area contributed by atoms with Crippen molar-refractivity contribution in [2.45, 2.75) is 38.9 Å². The van der Waals surface area contributed by atoms with Crippen molar-refractivity contribution >= 4 is 11.8 Å². The largest absolute Gasteiger partial charge is 0.268 e. The molecule has 0 saturated carbocycles. The molecule has 13 heavy (non-hydrogen) atoms. The lowest BCUT2D eigenvalue weighted by atomic mass is 10.1. The molecule has 0 fully saturated rings. The van der Waals surface area contributed by atoms with E-state index in [-0.39, 0.29) is 0 Å². The van der Waals surface area contributed by atoms with Crippen LogP contribution in [0.5, 0.6) is 0 Å². The van der Waals surface area contributed by atoms with Crippen LogP contribution < -0.4 is 5.84 Å². The molecule has 0 radical (unpaired) electrons. The van der Waals surface area contributed by atoms with E-state index in [1.807, 2.05) is 16.8 Å². The molecule has 3 heteroatoms. The van der Waals surface area contributed by atoms with E-state index in [9.17, 15) is 0 Å². The first-order valence-corrected chi connectivity index (χ1v) is 5.86. The van der Waals surface area contributed by atoms with Crippen LogP contribution in [0.2, 0.25) is 0 Å². The number of hydrogen-bond acceptors (Lipinski definition) is 3. The van der Waals surface area contributed by atoms with Gasteiger partial charge in [0, 0.05) is 18.3 Å². The number of thioether (sulfide) groups is 1. The van der Waals surface area contributed by atoms with Gasteiger partial charge >= 0.3 is 0 Å². The minimum absolute atomic E-state index is 0.719. The number of hydrogen-bond donors (Lipinski definition) is 1. The van der Waals surface area contributed by atoms with Crippen molar-refractivity contribution in [3.8, 4) is 0 Å². The van der Waals surface area contributed by atoms with Gasteiger partial charge in [-0.25, -0.2) is 5.01 Å². The summed E-state index contributed by atoms with van der Waals surface area (Å²) in [4.78, 5) is 1.49. The molecular formula is C10H20N2S. The first-order valence-electron chi connectivity index (χ1n) is 4.98. The molecule has 1 aliphatic heterocycles. The van der Waals surface area contributed by atoms with Crippen molar-refractivity contribution in [3.63, 3.8) is 0 Å². The van der Waals surface area contributed by atoms with E-state index in [0.29, 0.717) is 0 Å². The second-order valence-electron chi connectivity index (χ2n) is 3.76. The Morgan fingerprint density at radius 3 is 2.92 bits per heavy atom. The van der Waals surface area contributed by atoms with Crippen molar-refractivity contribution in [2.75, 3.05) is 13.1 Å². The van der Waals surface area contributed by atoms with Crippen LogP contribution >= 0.6 is 11.8 Å². The molecule has 0 saturated heterocycles. The van der Waals surface area contributed by atoms with Crippen LogP contribution in [-0.4, -0.2) is 23.3 Å². The number of nitrogens with two attached hydrogens (primary N) is 1. The molecule has 1 rings (SSSR count). The van der Waals surface area contributed by atoms with Gasteiger partial charge in [0.2, 0.25) is 0 Å². The fourth-order valence-corrected chi connectivity index (χ4v) is 2.51. The zero-order valence-corrected chi connectivity index (χ0v) is 9.66. The number of hydrazine groups is 1. The maximum atomic E-state index is 5.79. The Morgan fingerprint density at radius 1 is 1.62 bits per heavy atom. The average molecular weight is 200 g/mol. The predicted molar refractivity (Wildman–Crippen MR) is 60.4 cm³/mol. The SMILES string of the molecule is CCC(C)SC1=C(C)CCN(N)C1. The van der Waals surface area contributed by atoms with Crippen molar-refractivity contribution in [3.05, 3.63) is 10.5 Å². The van der Waals surface area contributed by atoms with Gasteiger partial charge in [0.25, 0.3) is 0 Å². The summed E-state index contributed by atoms with van der Waals surface area (Å²) in [6.07, 6.45) is 2.36. The van der Waals surface area contributed by atoms with Crippen LogP contribution in [-0.2, 0) is 0 Å². The highest BCUT2D eigenvalue weighted by Crippen LogP contribution is 2.30. The van der Waals surface area contributed by atoms with Crippen LogP contribution in [0.15, 0.2) is 10.5 Å². The predicted octanol–water partition coefficient (Wildman–Crippen LogP) is 2.37. The Hall–Kier alpha value is 0.01000. The summed E-state index contributed by atoms with van der Waals surface area (Å²) >= 11 is 1.99. The highest BCUT2D eigenvalue weighted by Gasteiger charge is 2.15. The Bertz CT molecular complexity index is 201. The molecule has 0 aliphatic carbocycles. The van der Waals surface area contributed by atoms with Crippen molar-refractivity contribution in [2.24, 2.45) is 5.84 Å². The number of nitrogens with zero attached hydrogens (tertiary/aromatic N) is 1. The second kappa shape index (κ2) is 5.03. The normalized spacial score (nSPS) is 22.2. The lowest BCUT2D eigenvalue weighted by molar-refractivity contribution is 0.302. The van der Waals surface area contributed by atoms with Crippen LogP contribution in [0.3, 0.4) is 0 Å². The van der Waals surface area contributed by atoms with E-state index < -0.39 is 0 Å². The molecule has 2 nitrogen and oxygen atoms in total. The van der Waals surface area contributed by atoms with Gasteiger partial charge in [-0.1, -0.05) is 19.4 Å². The van der Waals surface area contributed by atoms with E-state index in [1.54, 1.807) is 0 Å². The molecule has 2 N–H and O–H groups in total. The molecule has 1 unspecified atom stereocenters. The summed E-state index contributed by atoms with van der Waals surface area (Å²) in [6, 6.07) is 0. The summed E-state index contributed by atoms with van der Waals surface area (Å²) in [5.74, 6) is 5.79. The summed E-state index contributed by atoms with van der Waals surface area (Å²) < 4.78 is 0. The highest BCUT2D eigenvalue weighted by atomic mass is 32.2. The minimum Gasteiger partial charge on any atom is -0.268 e. The monoisotopic (exact) mass is 200 g/mol. The Morgan fingerprint density at radius 2 is 2.31 bits per heavy atom. The molecule has 76 valence electrons. The molecule has 0 aromatic heterocycles. The molecule has 0 bridgehead atoms. The average Bonchev–Trinajstić information content (AvgIpc) is 2.11. The smallest absolute Gasteiger partial charge is 0.0438 e. The Balaban J connectivity index is 2.55. The summed E-state index contributed by atoms with van der Waals surface area (Å²) in [5, 5.41) is 2.63. The lowest BCUT2D eigenvalue weighted by Crippen LogP contribution is -2.36. The van der Waals surface area contributed by atoms with Gasteiger partial charge in [-0.05, 0) is 24.7 Å². The highest BCUT2D eigenvalue weighted by molar-refractivity contribution is 8.03. The topological polar surface area (TPSA) is 29.3 Å². The van der Waals surface area contributed by atoms with E-state index in [2.05, 4.69) is 20.8 Å². The third kappa shape index (κ3) is 3.33. The molecule has 0 spiro atoms. The van der Waals surface area contributed by atoms with Gasteiger partial charge in [0.1, 0.15) is 0 Å². The van der Waals surface area contributed by atoms with Crippen LogP contribution in [0.25, 0.3) is 0 Å². The van der Waals surface area contributed by atoms with E-state index in [0.717, 1.165) is 24.8 Å². The first kappa shape index (κ1) is 11.1. The van der Waals surface area contributed by atoms with E-state index in [1.165, 1.54) is 16.9 Å². The number of rotatable bonds is 3. The molecular weight excluding hydrogens is 180 g/mol. The second-order valence-corrected chi connectivity index (χ2v) is 5.29. The molecule has 1 atom stereocenters. The van der Waals surface area contributed by atoms with Gasteiger partial charge in [-0.2, -0.15) is 0 Å². The van der Waals surface area contributed by atoms with E-state index in [4.69, 9.17) is 5.84 Å². The van der Waals surface area contributed by atoms with Crippen molar-refractivity contribution in [1.82, 2.24) is 5.01 Å². The van der Waals surface area contributed by atoms with Gasteiger partial charge < -0.3 is 0 Å². The van der Waals surface area contributed by atoms with Crippen LogP contribution in [0.4, 0.5) is 0 Å². The minimum atomic E-state index is 0.719. The first-order chi connectivity index (χ1) is 6.13. The Labute approximate surface area is 85.5 Å². The zero-order valence-electron chi connectivity index (χ0n) is 8.84. The van der Waals surface area contributed by atoms with Crippen molar-refractivity contribution in [1.29, 1.82) is 0 Å². The summed E-state index contributed by atoms with van der Waals surface area (Å²) in [5.41, 5.74) is 1.53. The van der Waals surface area contributed by atoms with Gasteiger partial charge in [0.05, 0.1) is 0 Å². The molecule has 0 aromatic carbocycles. The molecule has 0 aromatic rings. The van der Waals surface area contributed by atoms with Crippen LogP contribution in [0.1, 0.15) is 33.6 Å². The van der Waals surface area contributed by atoms with Crippen LogP contribution in [0, 0.1) is 0 Å². The van der Waals surface area contributed by atoms with E-state index >= 15 is 0 Å². The summed E-state index contributed by atoms with van der Waals surface area (Å²) in [7, 11) is 0. The standard InChI is InChI=1S/C10H20N2S/c1-4-9(3)13-10-7-12(11)6-5-8(10)2/h9H,4-7,11H2,1-3H3. The molecule has 1 aliphatic rings. The molecule has 1 heterocycles. The maximum Gasteiger partial charge on any atom is 0.0438 e. The van der Waals surface area contributed by atoms with Gasteiger partial charge in [-0.3, -0.25) is 5.84 Å². The van der Waals surface area contributed by atoms with Crippen molar-refractivity contribution < 1.29 is 0 Å².